The molecule has 10 heteroatoms. The molecule has 2 aliphatic heterocycles. The van der Waals surface area contributed by atoms with E-state index in [1.54, 1.807) is 11.1 Å². The summed E-state index contributed by atoms with van der Waals surface area (Å²) >= 11 is 1.53. The Balaban J connectivity index is 1.41. The van der Waals surface area contributed by atoms with E-state index in [0.717, 1.165) is 34.1 Å². The maximum atomic E-state index is 13.3. The second kappa shape index (κ2) is 9.94. The van der Waals surface area contributed by atoms with Crippen LogP contribution in [0.1, 0.15) is 34.4 Å². The van der Waals surface area contributed by atoms with Crippen molar-refractivity contribution in [2.24, 2.45) is 0 Å². The van der Waals surface area contributed by atoms with E-state index in [1.165, 1.54) is 23.5 Å². The molecule has 2 aliphatic rings. The Labute approximate surface area is 205 Å². The third-order valence-electron chi connectivity index (χ3n) is 6.51. The summed E-state index contributed by atoms with van der Waals surface area (Å²) in [4.78, 5) is 26.1. The second-order valence-electron chi connectivity index (χ2n) is 8.82. The van der Waals surface area contributed by atoms with Crippen molar-refractivity contribution in [1.29, 1.82) is 0 Å². The average Bonchev–Trinajstić information content (AvgIpc) is 3.39. The zero-order valence-corrected chi connectivity index (χ0v) is 19.8. The van der Waals surface area contributed by atoms with Gasteiger partial charge in [0.15, 0.2) is 0 Å². The number of likely N-dealkylation sites (tertiary alicyclic amines) is 1. The highest BCUT2D eigenvalue weighted by Crippen LogP contribution is 2.39. The van der Waals surface area contributed by atoms with Gasteiger partial charge in [-0.1, -0.05) is 18.2 Å². The van der Waals surface area contributed by atoms with Crippen LogP contribution in [0.3, 0.4) is 0 Å². The fourth-order valence-corrected chi connectivity index (χ4v) is 5.60. The Morgan fingerprint density at radius 2 is 1.71 bits per heavy atom. The van der Waals surface area contributed by atoms with Crippen LogP contribution in [0.2, 0.25) is 0 Å². The molecule has 2 fully saturated rings. The summed E-state index contributed by atoms with van der Waals surface area (Å²) < 4.78 is 44.6. The highest BCUT2D eigenvalue weighted by atomic mass is 32.1. The van der Waals surface area contributed by atoms with E-state index in [-0.39, 0.29) is 17.9 Å². The molecular weight excluding hydrogens is 477 g/mol. The monoisotopic (exact) mass is 502 g/mol. The molecule has 0 N–H and O–H groups in total. The molecule has 0 radical (unpaired) electrons. The number of halogens is 3. The summed E-state index contributed by atoms with van der Waals surface area (Å²) in [5.74, 6) is -0.119. The highest BCUT2D eigenvalue weighted by molar-refractivity contribution is 7.10. The van der Waals surface area contributed by atoms with Crippen molar-refractivity contribution >= 4 is 17.4 Å². The van der Waals surface area contributed by atoms with Gasteiger partial charge in [-0.25, -0.2) is 9.78 Å². The third-order valence-corrected chi connectivity index (χ3v) is 7.52. The van der Waals surface area contributed by atoms with Crippen LogP contribution >= 0.6 is 11.3 Å². The van der Waals surface area contributed by atoms with Crippen LogP contribution in [0.25, 0.3) is 11.4 Å². The minimum Gasteiger partial charge on any atom is -0.378 e. The highest BCUT2D eigenvalue weighted by Gasteiger charge is 2.36. The van der Waals surface area contributed by atoms with Gasteiger partial charge in [0.05, 0.1) is 35.2 Å². The molecule has 0 bridgehead atoms. The van der Waals surface area contributed by atoms with Crippen molar-refractivity contribution in [3.63, 3.8) is 0 Å². The first-order valence-corrected chi connectivity index (χ1v) is 12.4. The zero-order valence-electron chi connectivity index (χ0n) is 18.9. The number of rotatable bonds is 3. The predicted molar refractivity (Wildman–Crippen MR) is 126 cm³/mol. The summed E-state index contributed by atoms with van der Waals surface area (Å²) in [6.45, 7) is 3.05. The van der Waals surface area contributed by atoms with Gasteiger partial charge in [-0.2, -0.15) is 13.2 Å². The number of benzene rings is 1. The lowest BCUT2D eigenvalue weighted by molar-refractivity contribution is -0.137. The van der Waals surface area contributed by atoms with Gasteiger partial charge < -0.3 is 14.5 Å². The number of carbonyl (C=O) groups is 1. The van der Waals surface area contributed by atoms with Crippen LogP contribution in [0.4, 0.5) is 18.0 Å². The number of nitrogens with zero attached hydrogens (tertiary/aromatic N) is 4. The standard InChI is InChI=1S/C25H25F3N4O2S/c26-25(27,28)20-6-4-17(5-7-20)18-13-19(15-32(14-18)24(33)31-9-11-34-12-10-31)23-30-22(16-35-23)21-3-1-2-8-29-21/h1-8,16,18-19H,9-15H2. The van der Waals surface area contributed by atoms with Crippen LogP contribution in [0, 0.1) is 0 Å². The van der Waals surface area contributed by atoms with Crippen LogP contribution in [0.5, 0.6) is 0 Å². The van der Waals surface area contributed by atoms with E-state index in [0.29, 0.717) is 45.8 Å². The maximum Gasteiger partial charge on any atom is 0.416 e. The molecule has 6 nitrogen and oxygen atoms in total. The normalized spacial score (nSPS) is 21.2. The quantitative estimate of drug-likeness (QED) is 0.491. The molecule has 184 valence electrons. The van der Waals surface area contributed by atoms with Gasteiger partial charge >= 0.3 is 12.2 Å². The molecule has 0 spiro atoms. The Morgan fingerprint density at radius 1 is 0.971 bits per heavy atom. The molecule has 2 atom stereocenters. The molecule has 3 aromatic rings. The zero-order chi connectivity index (χ0) is 24.4. The van der Waals surface area contributed by atoms with Gasteiger partial charge in [-0.15, -0.1) is 11.3 Å². The SMILES string of the molecule is O=C(N1CCOCC1)N1CC(c2ccc(C(F)(F)F)cc2)CC(c2nc(-c3ccccn3)cs2)C1. The maximum absolute atomic E-state index is 13.3. The van der Waals surface area contributed by atoms with Gasteiger partial charge in [-0.05, 0) is 36.2 Å². The van der Waals surface area contributed by atoms with E-state index in [1.807, 2.05) is 28.5 Å². The van der Waals surface area contributed by atoms with E-state index in [4.69, 9.17) is 9.72 Å². The predicted octanol–water partition coefficient (Wildman–Crippen LogP) is 5.25. The van der Waals surface area contributed by atoms with Crippen molar-refractivity contribution in [1.82, 2.24) is 19.8 Å². The van der Waals surface area contributed by atoms with Crippen molar-refractivity contribution in [2.45, 2.75) is 24.4 Å². The molecule has 2 amide bonds. The number of morpholine rings is 1. The molecule has 0 aliphatic carbocycles. The summed E-state index contributed by atoms with van der Waals surface area (Å²) in [6.07, 6.45) is -1.96. The Hall–Kier alpha value is -2.98. The number of thiazole rings is 1. The summed E-state index contributed by atoms with van der Waals surface area (Å²) in [5, 5.41) is 2.87. The molecule has 4 heterocycles. The smallest absolute Gasteiger partial charge is 0.378 e. The van der Waals surface area contributed by atoms with Gasteiger partial charge in [0.2, 0.25) is 0 Å². The Kier molecular flexibility index (Phi) is 6.75. The van der Waals surface area contributed by atoms with Crippen LogP contribution < -0.4 is 0 Å². The number of piperidine rings is 1. The first-order chi connectivity index (χ1) is 16.9. The van der Waals surface area contributed by atoms with Crippen molar-refractivity contribution < 1.29 is 22.7 Å². The molecular formula is C25H25F3N4O2S. The van der Waals surface area contributed by atoms with Gasteiger partial charge in [0, 0.05) is 49.6 Å². The number of amides is 2. The lowest BCUT2D eigenvalue weighted by Crippen LogP contribution is -2.52. The van der Waals surface area contributed by atoms with E-state index in [9.17, 15) is 18.0 Å². The third kappa shape index (κ3) is 5.33. The van der Waals surface area contributed by atoms with Crippen LogP contribution in [0.15, 0.2) is 54.0 Å². The number of carbonyl (C=O) groups excluding carboxylic acids is 1. The molecule has 35 heavy (non-hydrogen) atoms. The fraction of sp³-hybridized carbons (Fsp3) is 0.400. The molecule has 2 unspecified atom stereocenters. The van der Waals surface area contributed by atoms with Crippen LogP contribution in [-0.2, 0) is 10.9 Å². The first-order valence-electron chi connectivity index (χ1n) is 11.5. The minimum atomic E-state index is -4.38. The lowest BCUT2D eigenvalue weighted by atomic mass is 9.84. The lowest BCUT2D eigenvalue weighted by Gasteiger charge is -2.40. The molecule has 5 rings (SSSR count). The number of hydrogen-bond acceptors (Lipinski definition) is 5. The molecule has 0 saturated carbocycles. The number of urea groups is 1. The van der Waals surface area contributed by atoms with Gasteiger partial charge in [0.1, 0.15) is 0 Å². The molecule has 1 aromatic carbocycles. The minimum absolute atomic E-state index is 0.0245. The van der Waals surface area contributed by atoms with Crippen LogP contribution in [-0.4, -0.2) is 65.2 Å². The van der Waals surface area contributed by atoms with Gasteiger partial charge in [-0.3, -0.25) is 4.98 Å². The number of pyridine rings is 1. The second-order valence-corrected chi connectivity index (χ2v) is 9.71. The number of hydrogen-bond donors (Lipinski definition) is 0. The first kappa shape index (κ1) is 23.7. The topological polar surface area (TPSA) is 58.6 Å². The van der Waals surface area contributed by atoms with Crippen molar-refractivity contribution in [2.75, 3.05) is 39.4 Å². The number of aromatic nitrogens is 2. The van der Waals surface area contributed by atoms with Crippen molar-refractivity contribution in [3.05, 3.63) is 70.2 Å². The average molecular weight is 503 g/mol. The van der Waals surface area contributed by atoms with E-state index < -0.39 is 11.7 Å². The van der Waals surface area contributed by atoms with E-state index >= 15 is 0 Å². The number of ether oxygens (including phenoxy) is 1. The van der Waals surface area contributed by atoms with Gasteiger partial charge in [0.25, 0.3) is 0 Å². The number of alkyl halides is 3. The molecule has 2 aromatic heterocycles. The fourth-order valence-electron chi connectivity index (χ4n) is 4.68. The Morgan fingerprint density at radius 3 is 2.40 bits per heavy atom. The van der Waals surface area contributed by atoms with E-state index in [2.05, 4.69) is 4.98 Å². The summed E-state index contributed by atoms with van der Waals surface area (Å²) in [5.41, 5.74) is 1.69. The largest absolute Gasteiger partial charge is 0.416 e. The summed E-state index contributed by atoms with van der Waals surface area (Å²) in [6, 6.07) is 10.9. The summed E-state index contributed by atoms with van der Waals surface area (Å²) in [7, 11) is 0. The van der Waals surface area contributed by atoms with Crippen molar-refractivity contribution in [3.8, 4) is 11.4 Å². The Bertz CT molecular complexity index is 1150. The molecule has 2 saturated heterocycles.